The van der Waals surface area contributed by atoms with Crippen LogP contribution in [0, 0.1) is 5.92 Å². The van der Waals surface area contributed by atoms with Crippen LogP contribution in [0.15, 0.2) is 12.2 Å². The van der Waals surface area contributed by atoms with Crippen molar-refractivity contribution in [3.05, 3.63) is 12.2 Å². The third-order valence-corrected chi connectivity index (χ3v) is 3.47. The molecular formula is C14H28N2. The molecule has 1 heterocycles. The molecule has 1 aliphatic rings. The zero-order valence-corrected chi connectivity index (χ0v) is 11.3. The molecule has 94 valence electrons. The maximum Gasteiger partial charge on any atom is 0.0190 e. The predicted molar refractivity (Wildman–Crippen MR) is 71.7 cm³/mol. The van der Waals surface area contributed by atoms with Gasteiger partial charge in [-0.3, -0.25) is 4.90 Å². The normalized spacial score (nSPS) is 19.2. The van der Waals surface area contributed by atoms with E-state index < -0.39 is 0 Å². The first kappa shape index (κ1) is 13.7. The average molecular weight is 224 g/mol. The van der Waals surface area contributed by atoms with Crippen LogP contribution >= 0.6 is 0 Å². The Bertz CT molecular complexity index is 203. The SMILES string of the molecule is C=C(CC)CN1CCC(CNC(C)C)CC1. The van der Waals surface area contributed by atoms with Crippen LogP contribution in [0.1, 0.15) is 40.0 Å². The monoisotopic (exact) mass is 224 g/mol. The number of piperidine rings is 1. The van der Waals surface area contributed by atoms with E-state index in [0.29, 0.717) is 6.04 Å². The van der Waals surface area contributed by atoms with Crippen LogP contribution in [0.25, 0.3) is 0 Å². The second-order valence-corrected chi connectivity index (χ2v) is 5.39. The first-order valence-electron chi connectivity index (χ1n) is 6.74. The van der Waals surface area contributed by atoms with Gasteiger partial charge in [-0.1, -0.05) is 32.9 Å². The first-order chi connectivity index (χ1) is 7.61. The molecule has 1 aliphatic heterocycles. The quantitative estimate of drug-likeness (QED) is 0.698. The van der Waals surface area contributed by atoms with Crippen LogP contribution in [0.4, 0.5) is 0 Å². The Kier molecular flexibility index (Phi) is 6.07. The van der Waals surface area contributed by atoms with Crippen LogP contribution in [0.5, 0.6) is 0 Å². The molecule has 0 aromatic heterocycles. The van der Waals surface area contributed by atoms with Gasteiger partial charge < -0.3 is 5.32 Å². The minimum Gasteiger partial charge on any atom is -0.314 e. The predicted octanol–water partition coefficient (Wildman–Crippen LogP) is 2.66. The summed E-state index contributed by atoms with van der Waals surface area (Å²) in [5, 5.41) is 3.55. The summed E-state index contributed by atoms with van der Waals surface area (Å²) in [7, 11) is 0. The van der Waals surface area contributed by atoms with Crippen molar-refractivity contribution < 1.29 is 0 Å². The van der Waals surface area contributed by atoms with Gasteiger partial charge in [0, 0.05) is 12.6 Å². The van der Waals surface area contributed by atoms with Crippen LogP contribution in [0.2, 0.25) is 0 Å². The Morgan fingerprint density at radius 3 is 2.50 bits per heavy atom. The topological polar surface area (TPSA) is 15.3 Å². The van der Waals surface area contributed by atoms with E-state index in [-0.39, 0.29) is 0 Å². The van der Waals surface area contributed by atoms with Gasteiger partial charge in [0.1, 0.15) is 0 Å². The van der Waals surface area contributed by atoms with E-state index in [2.05, 4.69) is 37.6 Å². The van der Waals surface area contributed by atoms with E-state index in [1.165, 1.54) is 38.0 Å². The van der Waals surface area contributed by atoms with E-state index in [9.17, 15) is 0 Å². The van der Waals surface area contributed by atoms with E-state index in [0.717, 1.165) is 18.9 Å². The van der Waals surface area contributed by atoms with Crippen molar-refractivity contribution in [2.45, 2.75) is 46.1 Å². The molecule has 0 saturated carbocycles. The van der Waals surface area contributed by atoms with Gasteiger partial charge in [0.05, 0.1) is 0 Å². The molecule has 0 radical (unpaired) electrons. The molecule has 0 spiro atoms. The summed E-state index contributed by atoms with van der Waals surface area (Å²) in [5.74, 6) is 0.883. The molecule has 2 nitrogen and oxygen atoms in total. The van der Waals surface area contributed by atoms with Crippen molar-refractivity contribution in [2.24, 2.45) is 5.92 Å². The summed E-state index contributed by atoms with van der Waals surface area (Å²) in [6.45, 7) is 15.5. The second-order valence-electron chi connectivity index (χ2n) is 5.39. The van der Waals surface area contributed by atoms with Crippen LogP contribution in [-0.2, 0) is 0 Å². The fourth-order valence-corrected chi connectivity index (χ4v) is 2.18. The lowest BCUT2D eigenvalue weighted by Gasteiger charge is -2.32. The lowest BCUT2D eigenvalue weighted by molar-refractivity contribution is 0.192. The lowest BCUT2D eigenvalue weighted by atomic mass is 9.96. The lowest BCUT2D eigenvalue weighted by Crippen LogP contribution is -2.39. The molecule has 0 atom stereocenters. The van der Waals surface area contributed by atoms with Crippen molar-refractivity contribution in [1.82, 2.24) is 10.2 Å². The van der Waals surface area contributed by atoms with Gasteiger partial charge in [-0.2, -0.15) is 0 Å². The fraction of sp³-hybridized carbons (Fsp3) is 0.857. The zero-order valence-electron chi connectivity index (χ0n) is 11.3. The molecule has 1 rings (SSSR count). The summed E-state index contributed by atoms with van der Waals surface area (Å²) in [5.41, 5.74) is 1.37. The molecule has 1 N–H and O–H groups in total. The molecule has 2 heteroatoms. The molecule has 0 unspecified atom stereocenters. The number of hydrogen-bond acceptors (Lipinski definition) is 2. The molecule has 0 aromatic carbocycles. The third kappa shape index (κ3) is 5.13. The van der Waals surface area contributed by atoms with Gasteiger partial charge in [-0.05, 0) is 44.8 Å². The Morgan fingerprint density at radius 1 is 1.38 bits per heavy atom. The summed E-state index contributed by atoms with van der Waals surface area (Å²) in [4.78, 5) is 2.55. The summed E-state index contributed by atoms with van der Waals surface area (Å²) >= 11 is 0. The Balaban J connectivity index is 2.16. The molecule has 0 aromatic rings. The average Bonchev–Trinajstić information content (AvgIpc) is 2.28. The van der Waals surface area contributed by atoms with Gasteiger partial charge in [0.15, 0.2) is 0 Å². The molecule has 1 saturated heterocycles. The number of likely N-dealkylation sites (tertiary alicyclic amines) is 1. The van der Waals surface area contributed by atoms with E-state index in [1.807, 2.05) is 0 Å². The van der Waals surface area contributed by atoms with Crippen molar-refractivity contribution in [1.29, 1.82) is 0 Å². The molecule has 0 aliphatic carbocycles. The highest BCUT2D eigenvalue weighted by Crippen LogP contribution is 2.17. The largest absolute Gasteiger partial charge is 0.314 e. The zero-order chi connectivity index (χ0) is 12.0. The minimum absolute atomic E-state index is 0.623. The molecule has 0 bridgehead atoms. The van der Waals surface area contributed by atoms with Crippen LogP contribution in [0.3, 0.4) is 0 Å². The van der Waals surface area contributed by atoms with E-state index in [4.69, 9.17) is 0 Å². The number of hydrogen-bond donors (Lipinski definition) is 1. The summed E-state index contributed by atoms with van der Waals surface area (Å²) in [6.07, 6.45) is 3.81. The van der Waals surface area contributed by atoms with E-state index >= 15 is 0 Å². The van der Waals surface area contributed by atoms with Crippen molar-refractivity contribution in [2.75, 3.05) is 26.2 Å². The first-order valence-corrected chi connectivity index (χ1v) is 6.74. The van der Waals surface area contributed by atoms with Gasteiger partial charge in [-0.25, -0.2) is 0 Å². The third-order valence-electron chi connectivity index (χ3n) is 3.47. The Labute approximate surface area is 101 Å². The molecule has 1 fully saturated rings. The van der Waals surface area contributed by atoms with Gasteiger partial charge >= 0.3 is 0 Å². The number of nitrogens with one attached hydrogen (secondary N) is 1. The highest BCUT2D eigenvalue weighted by atomic mass is 15.1. The fourth-order valence-electron chi connectivity index (χ4n) is 2.18. The Hall–Kier alpha value is -0.340. The highest BCUT2D eigenvalue weighted by molar-refractivity contribution is 4.96. The maximum atomic E-state index is 4.09. The molecule has 16 heavy (non-hydrogen) atoms. The second kappa shape index (κ2) is 7.08. The Morgan fingerprint density at radius 2 is 2.00 bits per heavy atom. The standard InChI is InChI=1S/C14H28N2/c1-5-13(4)11-16-8-6-14(7-9-16)10-15-12(2)3/h12,14-15H,4-11H2,1-3H3. The van der Waals surface area contributed by atoms with Gasteiger partial charge in [0.25, 0.3) is 0 Å². The number of rotatable bonds is 6. The maximum absolute atomic E-state index is 4.09. The van der Waals surface area contributed by atoms with Gasteiger partial charge in [-0.15, -0.1) is 0 Å². The summed E-state index contributed by atoms with van der Waals surface area (Å²) < 4.78 is 0. The summed E-state index contributed by atoms with van der Waals surface area (Å²) in [6, 6.07) is 0.623. The van der Waals surface area contributed by atoms with Gasteiger partial charge in [0.2, 0.25) is 0 Å². The minimum atomic E-state index is 0.623. The molecule has 0 amide bonds. The van der Waals surface area contributed by atoms with E-state index in [1.54, 1.807) is 0 Å². The van der Waals surface area contributed by atoms with Crippen LogP contribution in [-0.4, -0.2) is 37.1 Å². The highest BCUT2D eigenvalue weighted by Gasteiger charge is 2.18. The number of nitrogens with zero attached hydrogens (tertiary/aromatic N) is 1. The smallest absolute Gasteiger partial charge is 0.0190 e. The molecular weight excluding hydrogens is 196 g/mol. The van der Waals surface area contributed by atoms with Crippen molar-refractivity contribution >= 4 is 0 Å². The van der Waals surface area contributed by atoms with Crippen LogP contribution < -0.4 is 5.32 Å². The van der Waals surface area contributed by atoms with Crippen molar-refractivity contribution in [3.63, 3.8) is 0 Å². The van der Waals surface area contributed by atoms with Crippen molar-refractivity contribution in [3.8, 4) is 0 Å².